The second kappa shape index (κ2) is 13.6. The molecule has 1 aliphatic carbocycles. The molecule has 0 aliphatic heterocycles. The number of pyridine rings is 1. The molecule has 0 amide bonds. The number of aromatic nitrogens is 3. The highest BCUT2D eigenvalue weighted by Gasteiger charge is 2.46. The first kappa shape index (κ1) is 32.4. The van der Waals surface area contributed by atoms with E-state index < -0.39 is 5.41 Å². The molecule has 2 aromatic heterocycles. The van der Waals surface area contributed by atoms with Crippen LogP contribution in [0.2, 0.25) is 0 Å². The van der Waals surface area contributed by atoms with E-state index in [9.17, 15) is 0 Å². The van der Waals surface area contributed by atoms with E-state index in [0.717, 1.165) is 44.9 Å². The van der Waals surface area contributed by atoms with Crippen molar-refractivity contribution in [2.75, 3.05) is 0 Å². The Morgan fingerprint density at radius 3 is 1.53 bits per heavy atom. The van der Waals surface area contributed by atoms with Crippen molar-refractivity contribution in [2.45, 2.75) is 5.41 Å². The Bertz CT molecular complexity index is 2740. The Balaban J connectivity index is 1.16. The molecule has 0 radical (unpaired) electrons. The lowest BCUT2D eigenvalue weighted by molar-refractivity contribution is 0.768. The Hall–Kier alpha value is -7.23. The van der Waals surface area contributed by atoms with Gasteiger partial charge in [0.1, 0.15) is 0 Å². The van der Waals surface area contributed by atoms with Gasteiger partial charge in [-0.25, -0.2) is 9.97 Å². The van der Waals surface area contributed by atoms with Crippen LogP contribution in [-0.2, 0) is 5.41 Å². The number of rotatable bonds is 7. The van der Waals surface area contributed by atoms with E-state index in [0.29, 0.717) is 5.82 Å². The maximum absolute atomic E-state index is 5.23. The SMILES string of the molecule is c1ccc(-c2ccc(-c3cc(-c4cccnc4-c4ccc5c(c4)C(c4ccccc4)(c4ccccc4)c4ccccc4-5)nc(-c4ccccc4)n3)cc2)cc1. The molecule has 1 aliphatic rings. The van der Waals surface area contributed by atoms with E-state index in [-0.39, 0.29) is 0 Å². The fourth-order valence-corrected chi connectivity index (χ4v) is 8.35. The minimum Gasteiger partial charge on any atom is -0.256 e. The van der Waals surface area contributed by atoms with Gasteiger partial charge in [-0.05, 0) is 68.8 Å². The fraction of sp³-hybridized carbons (Fsp3) is 0.0192. The minimum absolute atomic E-state index is 0.506. The molecular weight excluding hydrogens is 667 g/mol. The molecule has 0 N–H and O–H groups in total. The molecule has 0 saturated heterocycles. The fourth-order valence-electron chi connectivity index (χ4n) is 8.35. The summed E-state index contributed by atoms with van der Waals surface area (Å²) in [7, 11) is 0. The van der Waals surface area contributed by atoms with Crippen molar-refractivity contribution in [1.29, 1.82) is 0 Å². The Morgan fingerprint density at radius 2 is 0.836 bits per heavy atom. The predicted octanol–water partition coefficient (Wildman–Crippen LogP) is 12.6. The molecule has 10 rings (SSSR count). The largest absolute Gasteiger partial charge is 0.256 e. The first-order valence-electron chi connectivity index (χ1n) is 18.7. The molecular formula is C52H35N3. The monoisotopic (exact) mass is 701 g/mol. The lowest BCUT2D eigenvalue weighted by atomic mass is 9.67. The predicted molar refractivity (Wildman–Crippen MR) is 224 cm³/mol. The summed E-state index contributed by atoms with van der Waals surface area (Å²) < 4.78 is 0. The molecule has 3 nitrogen and oxygen atoms in total. The summed E-state index contributed by atoms with van der Waals surface area (Å²) in [5.41, 5.74) is 15.8. The van der Waals surface area contributed by atoms with E-state index in [1.807, 2.05) is 36.5 Å². The van der Waals surface area contributed by atoms with E-state index in [2.05, 4.69) is 176 Å². The highest BCUT2D eigenvalue weighted by molar-refractivity contribution is 5.90. The summed E-state index contributed by atoms with van der Waals surface area (Å²) in [5, 5.41) is 0. The molecule has 3 heteroatoms. The average molecular weight is 702 g/mol. The standard InChI is InChI=1S/C52H35N3/c1-5-16-36(17-6-1)37-27-29-38(30-28-37)48-35-49(55-51(54-48)39-18-7-2-8-19-39)45-25-15-33-53-50(45)40-31-32-44-43-24-13-14-26-46(43)52(47(44)34-40,41-20-9-3-10-21-41)42-22-11-4-12-23-42/h1-35H. The van der Waals surface area contributed by atoms with Crippen molar-refractivity contribution in [1.82, 2.24) is 15.0 Å². The van der Waals surface area contributed by atoms with Gasteiger partial charge >= 0.3 is 0 Å². The average Bonchev–Trinajstić information content (AvgIpc) is 3.58. The van der Waals surface area contributed by atoms with Crippen LogP contribution in [0.3, 0.4) is 0 Å². The lowest BCUT2D eigenvalue weighted by Crippen LogP contribution is -2.28. The molecule has 0 spiro atoms. The van der Waals surface area contributed by atoms with E-state index in [1.54, 1.807) is 0 Å². The molecule has 2 heterocycles. The van der Waals surface area contributed by atoms with Gasteiger partial charge in [0.15, 0.2) is 5.82 Å². The van der Waals surface area contributed by atoms with Crippen LogP contribution in [0.15, 0.2) is 212 Å². The van der Waals surface area contributed by atoms with Crippen molar-refractivity contribution in [3.63, 3.8) is 0 Å². The van der Waals surface area contributed by atoms with Crippen molar-refractivity contribution < 1.29 is 0 Å². The summed E-state index contributed by atoms with van der Waals surface area (Å²) in [6.07, 6.45) is 1.88. The maximum Gasteiger partial charge on any atom is 0.160 e. The van der Waals surface area contributed by atoms with Gasteiger partial charge in [-0.15, -0.1) is 0 Å². The van der Waals surface area contributed by atoms with Crippen LogP contribution in [0.25, 0.3) is 67.4 Å². The zero-order chi connectivity index (χ0) is 36.6. The molecule has 0 saturated carbocycles. The summed E-state index contributed by atoms with van der Waals surface area (Å²) in [4.78, 5) is 15.4. The van der Waals surface area contributed by atoms with Gasteiger partial charge in [-0.2, -0.15) is 0 Å². The highest BCUT2D eigenvalue weighted by atomic mass is 14.9. The van der Waals surface area contributed by atoms with Crippen LogP contribution in [0.5, 0.6) is 0 Å². The van der Waals surface area contributed by atoms with E-state index >= 15 is 0 Å². The van der Waals surface area contributed by atoms with Crippen molar-refractivity contribution in [3.05, 3.63) is 235 Å². The van der Waals surface area contributed by atoms with Crippen molar-refractivity contribution in [2.24, 2.45) is 0 Å². The second-order valence-electron chi connectivity index (χ2n) is 14.0. The van der Waals surface area contributed by atoms with E-state index in [1.165, 1.54) is 38.9 Å². The quantitative estimate of drug-likeness (QED) is 0.166. The smallest absolute Gasteiger partial charge is 0.160 e. The first-order valence-corrected chi connectivity index (χ1v) is 18.7. The lowest BCUT2D eigenvalue weighted by Gasteiger charge is -2.34. The molecule has 7 aromatic carbocycles. The normalized spacial score (nSPS) is 12.5. The minimum atomic E-state index is -0.506. The van der Waals surface area contributed by atoms with Gasteiger partial charge in [-0.3, -0.25) is 4.98 Å². The van der Waals surface area contributed by atoms with Crippen LogP contribution >= 0.6 is 0 Å². The Kier molecular flexibility index (Phi) is 8.04. The molecule has 9 aromatic rings. The molecule has 0 bridgehead atoms. The van der Waals surface area contributed by atoms with Crippen LogP contribution < -0.4 is 0 Å². The Labute approximate surface area is 321 Å². The first-order chi connectivity index (χ1) is 27.3. The highest BCUT2D eigenvalue weighted by Crippen LogP contribution is 2.56. The van der Waals surface area contributed by atoms with Gasteiger partial charge in [0, 0.05) is 28.5 Å². The number of fused-ring (bicyclic) bond motifs is 3. The Morgan fingerprint density at radius 1 is 0.327 bits per heavy atom. The zero-order valence-corrected chi connectivity index (χ0v) is 30.0. The van der Waals surface area contributed by atoms with Gasteiger partial charge in [0.2, 0.25) is 0 Å². The number of nitrogens with zero attached hydrogens (tertiary/aromatic N) is 3. The number of hydrogen-bond acceptors (Lipinski definition) is 3. The maximum atomic E-state index is 5.23. The van der Waals surface area contributed by atoms with Crippen LogP contribution in [0.4, 0.5) is 0 Å². The molecule has 0 unspecified atom stereocenters. The topological polar surface area (TPSA) is 38.7 Å². The van der Waals surface area contributed by atoms with Gasteiger partial charge in [0.25, 0.3) is 0 Å². The van der Waals surface area contributed by atoms with Gasteiger partial charge in [0.05, 0.1) is 22.5 Å². The van der Waals surface area contributed by atoms with Crippen LogP contribution in [-0.4, -0.2) is 15.0 Å². The molecule has 0 fully saturated rings. The third-order valence-electron chi connectivity index (χ3n) is 10.9. The summed E-state index contributed by atoms with van der Waals surface area (Å²) in [5.74, 6) is 0.673. The third-order valence-corrected chi connectivity index (χ3v) is 10.9. The third kappa shape index (κ3) is 5.57. The summed E-state index contributed by atoms with van der Waals surface area (Å²) >= 11 is 0. The van der Waals surface area contributed by atoms with Crippen molar-refractivity contribution >= 4 is 0 Å². The van der Waals surface area contributed by atoms with Gasteiger partial charge < -0.3 is 0 Å². The summed E-state index contributed by atoms with van der Waals surface area (Å²) in [6, 6.07) is 73.1. The van der Waals surface area contributed by atoms with Crippen LogP contribution in [0, 0.1) is 0 Å². The number of benzene rings is 7. The molecule has 55 heavy (non-hydrogen) atoms. The summed E-state index contributed by atoms with van der Waals surface area (Å²) in [6.45, 7) is 0. The van der Waals surface area contributed by atoms with E-state index in [4.69, 9.17) is 15.0 Å². The zero-order valence-electron chi connectivity index (χ0n) is 30.0. The molecule has 258 valence electrons. The van der Waals surface area contributed by atoms with Crippen molar-refractivity contribution in [3.8, 4) is 67.4 Å². The van der Waals surface area contributed by atoms with Crippen LogP contribution in [0.1, 0.15) is 22.3 Å². The molecule has 0 atom stereocenters. The number of hydrogen-bond donors (Lipinski definition) is 0. The van der Waals surface area contributed by atoms with Gasteiger partial charge in [-0.1, -0.05) is 182 Å². The second-order valence-corrected chi connectivity index (χ2v) is 14.0.